The number of ether oxygens (including phenoxy) is 1. The van der Waals surface area contributed by atoms with Crippen LogP contribution < -0.4 is 10.6 Å². The summed E-state index contributed by atoms with van der Waals surface area (Å²) in [6, 6.07) is 15.1. The molecule has 2 N–H and O–H groups in total. The van der Waals surface area contributed by atoms with E-state index in [4.69, 9.17) is 4.74 Å². The second-order valence-corrected chi connectivity index (χ2v) is 6.13. The molecular formula is C18H19BrN2O3. The Kier molecular flexibility index (Phi) is 6.52. The summed E-state index contributed by atoms with van der Waals surface area (Å²) in [5.74, 6) is -0.509. The van der Waals surface area contributed by atoms with E-state index < -0.39 is 0 Å². The van der Waals surface area contributed by atoms with Crippen molar-refractivity contribution in [3.63, 3.8) is 0 Å². The molecule has 2 aromatic rings. The number of hydrogen-bond donors (Lipinski definition) is 2. The van der Waals surface area contributed by atoms with Crippen molar-refractivity contribution in [3.8, 4) is 0 Å². The van der Waals surface area contributed by atoms with Gasteiger partial charge in [-0.05, 0) is 29.3 Å². The van der Waals surface area contributed by atoms with Crippen molar-refractivity contribution in [2.24, 2.45) is 0 Å². The Morgan fingerprint density at radius 2 is 1.88 bits per heavy atom. The van der Waals surface area contributed by atoms with Crippen molar-refractivity contribution in [3.05, 3.63) is 64.1 Å². The van der Waals surface area contributed by atoms with Crippen LogP contribution in [0.25, 0.3) is 0 Å². The Balaban J connectivity index is 2.44. The van der Waals surface area contributed by atoms with Crippen LogP contribution in [-0.4, -0.2) is 25.5 Å². The smallest absolute Gasteiger partial charge is 0.319 e. The van der Waals surface area contributed by atoms with Crippen LogP contribution in [0.5, 0.6) is 0 Å². The molecule has 0 bridgehead atoms. The first-order chi connectivity index (χ1) is 11.5. The zero-order chi connectivity index (χ0) is 17.5. The van der Waals surface area contributed by atoms with E-state index in [-0.39, 0.29) is 24.5 Å². The molecule has 1 atom stereocenters. The van der Waals surface area contributed by atoms with E-state index >= 15 is 0 Å². The van der Waals surface area contributed by atoms with Crippen LogP contribution in [0.1, 0.15) is 24.1 Å². The number of carbonyl (C=O) groups is 2. The molecule has 0 unspecified atom stereocenters. The first kappa shape index (κ1) is 18.2. The minimum Gasteiger partial charge on any atom is -0.468 e. The maximum atomic E-state index is 11.5. The van der Waals surface area contributed by atoms with Gasteiger partial charge in [0.2, 0.25) is 5.91 Å². The summed E-state index contributed by atoms with van der Waals surface area (Å²) in [7, 11) is 1.35. The van der Waals surface area contributed by atoms with Gasteiger partial charge in [0.25, 0.3) is 0 Å². The fourth-order valence-electron chi connectivity index (χ4n) is 2.39. The highest BCUT2D eigenvalue weighted by Gasteiger charge is 2.19. The molecule has 0 fully saturated rings. The topological polar surface area (TPSA) is 67.4 Å². The number of carbonyl (C=O) groups excluding carboxylic acids is 2. The van der Waals surface area contributed by atoms with Gasteiger partial charge in [0.15, 0.2) is 0 Å². The van der Waals surface area contributed by atoms with Gasteiger partial charge in [-0.1, -0.05) is 46.3 Å². The van der Waals surface area contributed by atoms with Gasteiger partial charge in [0, 0.05) is 17.1 Å². The minimum absolute atomic E-state index is 0.0576. The van der Waals surface area contributed by atoms with Gasteiger partial charge in [-0.3, -0.25) is 14.9 Å². The van der Waals surface area contributed by atoms with E-state index in [1.165, 1.54) is 14.0 Å². The normalized spacial score (nSPS) is 11.6. The first-order valence-electron chi connectivity index (χ1n) is 7.43. The fourth-order valence-corrected chi connectivity index (χ4v) is 2.77. The molecule has 0 radical (unpaired) electrons. The van der Waals surface area contributed by atoms with Crippen LogP contribution in [-0.2, 0) is 14.3 Å². The van der Waals surface area contributed by atoms with Crippen LogP contribution in [0, 0.1) is 0 Å². The van der Waals surface area contributed by atoms with E-state index in [2.05, 4.69) is 26.6 Å². The maximum Gasteiger partial charge on any atom is 0.319 e. The highest BCUT2D eigenvalue weighted by atomic mass is 79.9. The van der Waals surface area contributed by atoms with Crippen molar-refractivity contribution in [2.45, 2.75) is 13.0 Å². The number of rotatable bonds is 6. The van der Waals surface area contributed by atoms with Crippen LogP contribution in [0.15, 0.2) is 53.0 Å². The number of anilines is 1. The Morgan fingerprint density at radius 1 is 1.17 bits per heavy atom. The van der Waals surface area contributed by atoms with Crippen molar-refractivity contribution in [1.29, 1.82) is 0 Å². The SMILES string of the molecule is COC(=O)CN[C@@H](c1ccccc1)c1cc(Br)ccc1NC(C)=O. The van der Waals surface area contributed by atoms with Gasteiger partial charge < -0.3 is 10.1 Å². The molecule has 126 valence electrons. The van der Waals surface area contributed by atoms with Gasteiger partial charge in [-0.25, -0.2) is 0 Å². The Labute approximate surface area is 149 Å². The standard InChI is InChI=1S/C18H19BrN2O3/c1-12(22)21-16-9-8-14(19)10-15(16)18(20-11-17(23)24-2)13-6-4-3-5-7-13/h3-10,18,20H,11H2,1-2H3,(H,21,22)/t18-/m0/s1. The van der Waals surface area contributed by atoms with Gasteiger partial charge in [-0.2, -0.15) is 0 Å². The van der Waals surface area contributed by atoms with Gasteiger partial charge in [0.1, 0.15) is 0 Å². The summed E-state index contributed by atoms with van der Waals surface area (Å²) in [5, 5.41) is 6.03. The van der Waals surface area contributed by atoms with Crippen LogP contribution in [0.2, 0.25) is 0 Å². The largest absolute Gasteiger partial charge is 0.468 e. The lowest BCUT2D eigenvalue weighted by atomic mass is 9.97. The number of methoxy groups -OCH3 is 1. The van der Waals surface area contributed by atoms with Crippen molar-refractivity contribution >= 4 is 33.5 Å². The third-order valence-corrected chi connectivity index (χ3v) is 3.94. The lowest BCUT2D eigenvalue weighted by molar-refractivity contribution is -0.139. The van der Waals surface area contributed by atoms with Gasteiger partial charge in [0.05, 0.1) is 19.7 Å². The summed E-state index contributed by atoms with van der Waals surface area (Å²) in [4.78, 5) is 23.0. The number of hydrogen-bond acceptors (Lipinski definition) is 4. The fraction of sp³-hybridized carbons (Fsp3) is 0.222. The first-order valence-corrected chi connectivity index (χ1v) is 8.22. The maximum absolute atomic E-state index is 11.5. The third-order valence-electron chi connectivity index (χ3n) is 3.45. The number of nitrogens with one attached hydrogen (secondary N) is 2. The summed E-state index contributed by atoms with van der Waals surface area (Å²) in [5.41, 5.74) is 2.53. The molecule has 0 aliphatic rings. The summed E-state index contributed by atoms with van der Waals surface area (Å²) in [6.45, 7) is 1.52. The van der Waals surface area contributed by atoms with E-state index in [0.29, 0.717) is 5.69 Å². The highest BCUT2D eigenvalue weighted by molar-refractivity contribution is 9.10. The molecule has 2 aromatic carbocycles. The Morgan fingerprint density at radius 3 is 2.50 bits per heavy atom. The van der Waals surface area contributed by atoms with Gasteiger partial charge >= 0.3 is 5.97 Å². The van der Waals surface area contributed by atoms with Crippen molar-refractivity contribution in [1.82, 2.24) is 5.32 Å². The molecule has 6 heteroatoms. The van der Waals surface area contributed by atoms with Crippen molar-refractivity contribution < 1.29 is 14.3 Å². The molecule has 2 rings (SSSR count). The predicted octanol–water partition coefficient (Wildman–Crippen LogP) is 3.26. The lowest BCUT2D eigenvalue weighted by Crippen LogP contribution is -2.29. The molecule has 0 aliphatic heterocycles. The molecule has 24 heavy (non-hydrogen) atoms. The Bertz CT molecular complexity index is 719. The number of amides is 1. The monoisotopic (exact) mass is 390 g/mol. The van der Waals surface area contributed by atoms with Crippen molar-refractivity contribution in [2.75, 3.05) is 19.0 Å². The molecule has 0 saturated heterocycles. The van der Waals surface area contributed by atoms with E-state index in [9.17, 15) is 9.59 Å². The lowest BCUT2D eigenvalue weighted by Gasteiger charge is -2.22. The summed E-state index contributed by atoms with van der Waals surface area (Å²) < 4.78 is 5.59. The van der Waals surface area contributed by atoms with E-state index in [0.717, 1.165) is 15.6 Å². The molecule has 0 aliphatic carbocycles. The summed E-state index contributed by atoms with van der Waals surface area (Å²) >= 11 is 3.47. The number of esters is 1. The predicted molar refractivity (Wildman–Crippen MR) is 96.7 cm³/mol. The quantitative estimate of drug-likeness (QED) is 0.742. The number of benzene rings is 2. The van der Waals surface area contributed by atoms with Crippen LogP contribution in [0.4, 0.5) is 5.69 Å². The molecule has 0 aromatic heterocycles. The molecule has 0 heterocycles. The van der Waals surface area contributed by atoms with E-state index in [1.807, 2.05) is 48.5 Å². The zero-order valence-electron chi connectivity index (χ0n) is 13.5. The second kappa shape index (κ2) is 8.61. The zero-order valence-corrected chi connectivity index (χ0v) is 15.1. The van der Waals surface area contributed by atoms with Crippen LogP contribution in [0.3, 0.4) is 0 Å². The molecule has 0 saturated carbocycles. The highest BCUT2D eigenvalue weighted by Crippen LogP contribution is 2.31. The Hall–Kier alpha value is -2.18. The summed E-state index contributed by atoms with van der Waals surface area (Å²) in [6.07, 6.45) is 0. The molecular weight excluding hydrogens is 372 g/mol. The van der Waals surface area contributed by atoms with Gasteiger partial charge in [-0.15, -0.1) is 0 Å². The average molecular weight is 391 g/mol. The average Bonchev–Trinajstić information content (AvgIpc) is 2.57. The number of halogens is 1. The molecule has 5 nitrogen and oxygen atoms in total. The third kappa shape index (κ3) is 4.91. The van der Waals surface area contributed by atoms with Crippen LogP contribution >= 0.6 is 15.9 Å². The minimum atomic E-state index is -0.355. The molecule has 1 amide bonds. The second-order valence-electron chi connectivity index (χ2n) is 5.21. The molecule has 0 spiro atoms. The van der Waals surface area contributed by atoms with E-state index in [1.54, 1.807) is 0 Å².